The van der Waals surface area contributed by atoms with Gasteiger partial charge in [0.15, 0.2) is 11.6 Å². The summed E-state index contributed by atoms with van der Waals surface area (Å²) in [5, 5.41) is 0. The van der Waals surface area contributed by atoms with Gasteiger partial charge in [0.1, 0.15) is 0 Å². The molecule has 3 fully saturated rings. The molecule has 0 heterocycles. The summed E-state index contributed by atoms with van der Waals surface area (Å²) in [6.45, 7) is 6.05. The van der Waals surface area contributed by atoms with Crippen molar-refractivity contribution in [3.8, 4) is 0 Å². The molecule has 0 bridgehead atoms. The van der Waals surface area contributed by atoms with Crippen LogP contribution >= 0.6 is 0 Å². The Kier molecular flexibility index (Phi) is 10.2. The lowest BCUT2D eigenvalue weighted by atomic mass is 9.65. The highest BCUT2D eigenvalue weighted by Crippen LogP contribution is 2.46. The van der Waals surface area contributed by atoms with Crippen molar-refractivity contribution in [2.75, 3.05) is 0 Å². The predicted octanol–water partition coefficient (Wildman–Crippen LogP) is 9.57. The van der Waals surface area contributed by atoms with Gasteiger partial charge in [-0.2, -0.15) is 0 Å². The first-order chi connectivity index (χ1) is 17.1. The quantitative estimate of drug-likeness (QED) is 0.299. The van der Waals surface area contributed by atoms with Crippen molar-refractivity contribution in [2.45, 2.75) is 122 Å². The van der Waals surface area contributed by atoms with E-state index in [2.05, 4.69) is 12.7 Å². The lowest BCUT2D eigenvalue weighted by Gasteiger charge is -2.41. The number of hydrogen-bond donors (Lipinski definition) is 0. The van der Waals surface area contributed by atoms with Gasteiger partial charge in [0.25, 0.3) is 0 Å². The van der Waals surface area contributed by atoms with Crippen LogP contribution in [0.1, 0.15) is 114 Å². The molecule has 1 nitrogen and oxygen atoms in total. The van der Waals surface area contributed by atoms with E-state index < -0.39 is 11.6 Å². The Morgan fingerprint density at radius 3 is 1.80 bits per heavy atom. The number of rotatable bonds is 10. The first kappa shape index (κ1) is 26.8. The van der Waals surface area contributed by atoms with E-state index in [0.29, 0.717) is 17.5 Å². The summed E-state index contributed by atoms with van der Waals surface area (Å²) in [6.07, 6.45) is 22.4. The highest BCUT2D eigenvalue weighted by Gasteiger charge is 2.34. The minimum atomic E-state index is -0.716. The van der Waals surface area contributed by atoms with Gasteiger partial charge < -0.3 is 4.74 Å². The van der Waals surface area contributed by atoms with E-state index in [0.717, 1.165) is 48.9 Å². The molecule has 0 atom stereocenters. The van der Waals surface area contributed by atoms with E-state index in [1.807, 2.05) is 6.92 Å². The summed E-state index contributed by atoms with van der Waals surface area (Å²) in [6, 6.07) is 3.43. The molecule has 0 radical (unpaired) electrons. The third-order valence-corrected chi connectivity index (χ3v) is 9.78. The van der Waals surface area contributed by atoms with Gasteiger partial charge in [-0.3, -0.25) is 0 Å². The van der Waals surface area contributed by atoms with Crippen molar-refractivity contribution < 1.29 is 13.5 Å². The summed E-state index contributed by atoms with van der Waals surface area (Å²) >= 11 is 0. The maximum absolute atomic E-state index is 14.4. The fourth-order valence-electron chi connectivity index (χ4n) is 7.53. The summed E-state index contributed by atoms with van der Waals surface area (Å²) in [5.74, 6) is 3.25. The Morgan fingerprint density at radius 2 is 1.26 bits per heavy atom. The Bertz CT molecular complexity index is 781. The standard InChI is InChI=1S/C32H48F2O/c1-3-5-7-23-8-10-24(11-9-23)25-12-14-26(15-13-25)27-18-20-30(21-19-27)35-22-29-17-16-28(6-4-2)31(33)32(29)34/h3,16-17,23-27,30H,1,4-15,18-22H2,2H3. The van der Waals surface area contributed by atoms with Gasteiger partial charge in [0, 0.05) is 5.56 Å². The molecule has 1 aromatic rings. The van der Waals surface area contributed by atoms with Gasteiger partial charge in [-0.1, -0.05) is 44.4 Å². The summed E-state index contributed by atoms with van der Waals surface area (Å²) in [7, 11) is 0. The lowest BCUT2D eigenvalue weighted by molar-refractivity contribution is -0.00524. The van der Waals surface area contributed by atoms with Crippen LogP contribution in [0.15, 0.2) is 24.8 Å². The summed E-state index contributed by atoms with van der Waals surface area (Å²) in [5.41, 5.74) is 0.831. The molecule has 0 N–H and O–H groups in total. The molecule has 3 heteroatoms. The van der Waals surface area contributed by atoms with Crippen LogP contribution in [0, 0.1) is 41.2 Å². The Labute approximate surface area is 213 Å². The minimum absolute atomic E-state index is 0.186. The topological polar surface area (TPSA) is 9.23 Å². The zero-order valence-corrected chi connectivity index (χ0v) is 22.1. The maximum atomic E-state index is 14.4. The number of ether oxygens (including phenoxy) is 1. The zero-order chi connectivity index (χ0) is 24.6. The van der Waals surface area contributed by atoms with E-state index in [9.17, 15) is 8.78 Å². The molecule has 3 aliphatic rings. The summed E-state index contributed by atoms with van der Waals surface area (Å²) < 4.78 is 34.7. The number of aryl methyl sites for hydroxylation is 1. The van der Waals surface area contributed by atoms with Crippen molar-refractivity contribution in [2.24, 2.45) is 29.6 Å². The Hall–Kier alpha value is -1.22. The van der Waals surface area contributed by atoms with Gasteiger partial charge in [-0.25, -0.2) is 8.78 Å². The van der Waals surface area contributed by atoms with E-state index >= 15 is 0 Å². The third kappa shape index (κ3) is 7.18. The number of halogens is 2. The molecule has 196 valence electrons. The maximum Gasteiger partial charge on any atom is 0.164 e. The second-order valence-corrected chi connectivity index (χ2v) is 11.9. The van der Waals surface area contributed by atoms with Crippen molar-refractivity contribution >= 4 is 0 Å². The molecule has 0 spiro atoms. The molecule has 0 aliphatic heterocycles. The van der Waals surface area contributed by atoms with E-state index in [1.54, 1.807) is 12.1 Å². The van der Waals surface area contributed by atoms with Gasteiger partial charge >= 0.3 is 0 Å². The monoisotopic (exact) mass is 486 g/mol. The second-order valence-electron chi connectivity index (χ2n) is 11.9. The lowest BCUT2D eigenvalue weighted by Crippen LogP contribution is -2.31. The molecule has 4 rings (SSSR count). The Morgan fingerprint density at radius 1 is 0.771 bits per heavy atom. The highest BCUT2D eigenvalue weighted by atomic mass is 19.2. The average Bonchev–Trinajstić information content (AvgIpc) is 2.90. The van der Waals surface area contributed by atoms with E-state index in [4.69, 9.17) is 4.74 Å². The summed E-state index contributed by atoms with van der Waals surface area (Å²) in [4.78, 5) is 0. The van der Waals surface area contributed by atoms with E-state index in [-0.39, 0.29) is 12.7 Å². The van der Waals surface area contributed by atoms with Crippen molar-refractivity contribution in [1.29, 1.82) is 0 Å². The second kappa shape index (κ2) is 13.4. The van der Waals surface area contributed by atoms with Crippen LogP contribution in [-0.2, 0) is 17.8 Å². The van der Waals surface area contributed by atoms with Crippen LogP contribution in [0.25, 0.3) is 0 Å². The predicted molar refractivity (Wildman–Crippen MR) is 141 cm³/mol. The highest BCUT2D eigenvalue weighted by molar-refractivity contribution is 5.26. The molecular formula is C32H48F2O. The molecule has 0 unspecified atom stereocenters. The molecule has 3 aliphatic carbocycles. The smallest absolute Gasteiger partial charge is 0.164 e. The zero-order valence-electron chi connectivity index (χ0n) is 22.1. The van der Waals surface area contributed by atoms with Crippen LogP contribution in [0.3, 0.4) is 0 Å². The number of hydrogen-bond acceptors (Lipinski definition) is 1. The molecule has 0 amide bonds. The van der Waals surface area contributed by atoms with Crippen LogP contribution < -0.4 is 0 Å². The van der Waals surface area contributed by atoms with Crippen LogP contribution in [-0.4, -0.2) is 6.10 Å². The molecule has 0 saturated heterocycles. The van der Waals surface area contributed by atoms with Crippen molar-refractivity contribution in [3.63, 3.8) is 0 Å². The van der Waals surface area contributed by atoms with Gasteiger partial charge in [0.2, 0.25) is 0 Å². The van der Waals surface area contributed by atoms with Crippen molar-refractivity contribution in [1.82, 2.24) is 0 Å². The SMILES string of the molecule is C=CCCC1CCC(C2CCC(C3CCC(OCc4ccc(CCC)c(F)c4F)CC3)CC2)CC1. The van der Waals surface area contributed by atoms with Crippen LogP contribution in [0.5, 0.6) is 0 Å². The van der Waals surface area contributed by atoms with Gasteiger partial charge in [-0.15, -0.1) is 6.58 Å². The molecule has 0 aromatic heterocycles. The van der Waals surface area contributed by atoms with Crippen LogP contribution in [0.2, 0.25) is 0 Å². The third-order valence-electron chi connectivity index (χ3n) is 9.78. The largest absolute Gasteiger partial charge is 0.373 e. The Balaban J connectivity index is 1.15. The number of benzene rings is 1. The first-order valence-electron chi connectivity index (χ1n) is 14.8. The minimum Gasteiger partial charge on any atom is -0.373 e. The normalized spacial score (nSPS) is 31.9. The molecule has 1 aromatic carbocycles. The van der Waals surface area contributed by atoms with Crippen molar-refractivity contribution in [3.05, 3.63) is 47.5 Å². The fourth-order valence-corrected chi connectivity index (χ4v) is 7.53. The number of allylic oxidation sites excluding steroid dienone is 1. The van der Waals surface area contributed by atoms with Gasteiger partial charge in [0.05, 0.1) is 12.7 Å². The molecular weight excluding hydrogens is 438 g/mol. The average molecular weight is 487 g/mol. The van der Waals surface area contributed by atoms with Gasteiger partial charge in [-0.05, 0) is 119 Å². The van der Waals surface area contributed by atoms with Crippen LogP contribution in [0.4, 0.5) is 8.78 Å². The fraction of sp³-hybridized carbons (Fsp3) is 0.750. The van der Waals surface area contributed by atoms with E-state index in [1.165, 1.54) is 77.0 Å². The first-order valence-corrected chi connectivity index (χ1v) is 14.8. The molecule has 3 saturated carbocycles. The molecule has 35 heavy (non-hydrogen) atoms.